The third-order valence-corrected chi connectivity index (χ3v) is 4.76. The number of aromatic nitrogens is 2. The molecule has 5 nitrogen and oxygen atoms in total. The average molecular weight is 363 g/mol. The highest BCUT2D eigenvalue weighted by atomic mass is 79.9. The van der Waals surface area contributed by atoms with Gasteiger partial charge in [0.1, 0.15) is 4.47 Å². The predicted octanol–water partition coefficient (Wildman–Crippen LogP) is 2.74. The van der Waals surface area contributed by atoms with E-state index in [1.807, 2.05) is 0 Å². The van der Waals surface area contributed by atoms with Crippen LogP contribution < -0.4 is 10.9 Å². The summed E-state index contributed by atoms with van der Waals surface area (Å²) in [5.74, 6) is 0. The van der Waals surface area contributed by atoms with E-state index in [1.54, 1.807) is 6.20 Å². The third kappa shape index (κ3) is 3.56. The lowest BCUT2D eigenvalue weighted by Crippen LogP contribution is -2.20. The molecule has 1 aliphatic heterocycles. The maximum absolute atomic E-state index is 11.5. The smallest absolute Gasteiger partial charge is 0.280 e. The maximum atomic E-state index is 11.5. The highest BCUT2D eigenvalue weighted by Crippen LogP contribution is 2.19. The van der Waals surface area contributed by atoms with Crippen LogP contribution in [-0.2, 0) is 13.1 Å². The van der Waals surface area contributed by atoms with Gasteiger partial charge in [-0.15, -0.1) is 0 Å². The van der Waals surface area contributed by atoms with Crippen molar-refractivity contribution in [2.45, 2.75) is 25.9 Å². The minimum absolute atomic E-state index is 0.227. The van der Waals surface area contributed by atoms with Gasteiger partial charge in [-0.05, 0) is 53.0 Å². The number of hydrogen-bond donors (Lipinski definition) is 2. The molecule has 2 heterocycles. The largest absolute Gasteiger partial charge is 0.379 e. The Labute approximate surface area is 137 Å². The number of nitrogens with one attached hydrogen (secondary N) is 2. The van der Waals surface area contributed by atoms with Crippen molar-refractivity contribution < 1.29 is 0 Å². The van der Waals surface area contributed by atoms with Gasteiger partial charge in [0.25, 0.3) is 5.56 Å². The molecule has 2 N–H and O–H groups in total. The molecule has 0 aliphatic carbocycles. The van der Waals surface area contributed by atoms with Crippen LogP contribution in [-0.4, -0.2) is 28.2 Å². The van der Waals surface area contributed by atoms with Crippen LogP contribution in [0.15, 0.2) is 39.7 Å². The van der Waals surface area contributed by atoms with Crippen molar-refractivity contribution in [2.24, 2.45) is 0 Å². The SMILES string of the molecule is O=c1[nH]ncc(NCc2ccccc2CN2CCCC2)c1Br. The molecule has 22 heavy (non-hydrogen) atoms. The Morgan fingerprint density at radius 1 is 1.23 bits per heavy atom. The molecule has 0 atom stereocenters. The van der Waals surface area contributed by atoms with E-state index in [2.05, 4.69) is 60.6 Å². The standard InChI is InChI=1S/C16H19BrN4O/c17-15-14(10-19-20-16(15)22)18-9-12-5-1-2-6-13(12)11-21-7-3-4-8-21/h1-2,5-6,10H,3-4,7-9,11H2,(H2,18,20,22). The summed E-state index contributed by atoms with van der Waals surface area (Å²) in [6, 6.07) is 8.45. The zero-order chi connectivity index (χ0) is 15.4. The van der Waals surface area contributed by atoms with E-state index in [9.17, 15) is 4.79 Å². The fourth-order valence-electron chi connectivity index (χ4n) is 2.76. The van der Waals surface area contributed by atoms with Gasteiger partial charge in [0, 0.05) is 13.1 Å². The third-order valence-electron chi connectivity index (χ3n) is 3.98. The topological polar surface area (TPSA) is 61.0 Å². The molecular weight excluding hydrogens is 344 g/mol. The summed E-state index contributed by atoms with van der Waals surface area (Å²) in [6.07, 6.45) is 4.21. The second-order valence-corrected chi connectivity index (χ2v) is 6.33. The second-order valence-electron chi connectivity index (χ2n) is 5.53. The normalized spacial score (nSPS) is 15.1. The maximum Gasteiger partial charge on any atom is 0.280 e. The summed E-state index contributed by atoms with van der Waals surface area (Å²) in [7, 11) is 0. The van der Waals surface area contributed by atoms with Crippen LogP contribution in [0, 0.1) is 0 Å². The summed E-state index contributed by atoms with van der Waals surface area (Å²) in [5.41, 5.74) is 3.07. The number of benzene rings is 1. The quantitative estimate of drug-likeness (QED) is 0.858. The highest BCUT2D eigenvalue weighted by Gasteiger charge is 2.13. The first-order valence-corrected chi connectivity index (χ1v) is 8.29. The Morgan fingerprint density at radius 2 is 1.95 bits per heavy atom. The van der Waals surface area contributed by atoms with Gasteiger partial charge in [-0.1, -0.05) is 24.3 Å². The number of likely N-dealkylation sites (tertiary alicyclic amines) is 1. The monoisotopic (exact) mass is 362 g/mol. The molecule has 0 saturated carbocycles. The van der Waals surface area contributed by atoms with Gasteiger partial charge < -0.3 is 5.32 Å². The minimum Gasteiger partial charge on any atom is -0.379 e. The molecule has 1 aromatic heterocycles. The van der Waals surface area contributed by atoms with Crippen LogP contribution in [0.4, 0.5) is 5.69 Å². The van der Waals surface area contributed by atoms with E-state index < -0.39 is 0 Å². The number of nitrogens with zero attached hydrogens (tertiary/aromatic N) is 2. The molecule has 0 unspecified atom stereocenters. The average Bonchev–Trinajstić information content (AvgIpc) is 3.03. The van der Waals surface area contributed by atoms with E-state index in [0.29, 0.717) is 16.7 Å². The van der Waals surface area contributed by atoms with Gasteiger partial charge in [-0.3, -0.25) is 9.69 Å². The zero-order valence-corrected chi connectivity index (χ0v) is 13.9. The van der Waals surface area contributed by atoms with Crippen molar-refractivity contribution in [1.29, 1.82) is 0 Å². The summed E-state index contributed by atoms with van der Waals surface area (Å²) in [6.45, 7) is 4.04. The summed E-state index contributed by atoms with van der Waals surface area (Å²) in [4.78, 5) is 14.0. The van der Waals surface area contributed by atoms with E-state index in [-0.39, 0.29) is 5.56 Å². The number of halogens is 1. The van der Waals surface area contributed by atoms with E-state index in [0.717, 1.165) is 6.54 Å². The predicted molar refractivity (Wildman–Crippen MR) is 90.8 cm³/mol. The molecular formula is C16H19BrN4O. The number of rotatable bonds is 5. The lowest BCUT2D eigenvalue weighted by atomic mass is 10.1. The molecule has 0 radical (unpaired) electrons. The van der Waals surface area contributed by atoms with Gasteiger partial charge in [-0.2, -0.15) is 5.10 Å². The molecule has 1 fully saturated rings. The highest BCUT2D eigenvalue weighted by molar-refractivity contribution is 9.10. The van der Waals surface area contributed by atoms with Crippen LogP contribution in [0.1, 0.15) is 24.0 Å². The Bertz CT molecular complexity index is 695. The first-order chi connectivity index (χ1) is 10.7. The minimum atomic E-state index is -0.227. The number of anilines is 1. The van der Waals surface area contributed by atoms with Gasteiger partial charge in [0.15, 0.2) is 0 Å². The Kier molecular flexibility index (Phi) is 4.90. The zero-order valence-electron chi connectivity index (χ0n) is 12.3. The molecule has 116 valence electrons. The molecule has 1 aliphatic rings. The summed E-state index contributed by atoms with van der Waals surface area (Å²) >= 11 is 3.29. The van der Waals surface area contributed by atoms with Crippen molar-refractivity contribution in [1.82, 2.24) is 15.1 Å². The van der Waals surface area contributed by atoms with E-state index >= 15 is 0 Å². The van der Waals surface area contributed by atoms with E-state index in [4.69, 9.17) is 0 Å². The van der Waals surface area contributed by atoms with Gasteiger partial charge in [0.2, 0.25) is 0 Å². The fraction of sp³-hybridized carbons (Fsp3) is 0.375. The lowest BCUT2D eigenvalue weighted by Gasteiger charge is -2.18. The van der Waals surface area contributed by atoms with Crippen molar-refractivity contribution in [3.8, 4) is 0 Å². The van der Waals surface area contributed by atoms with Crippen molar-refractivity contribution >= 4 is 21.6 Å². The van der Waals surface area contributed by atoms with Crippen molar-refractivity contribution in [2.75, 3.05) is 18.4 Å². The number of hydrogen-bond acceptors (Lipinski definition) is 4. The van der Waals surface area contributed by atoms with Crippen molar-refractivity contribution in [3.63, 3.8) is 0 Å². The fourth-order valence-corrected chi connectivity index (χ4v) is 3.09. The Morgan fingerprint density at radius 3 is 2.73 bits per heavy atom. The molecule has 0 amide bonds. The molecule has 0 spiro atoms. The van der Waals surface area contributed by atoms with Crippen LogP contribution in [0.25, 0.3) is 0 Å². The summed E-state index contributed by atoms with van der Waals surface area (Å²) in [5, 5.41) is 9.51. The van der Waals surface area contributed by atoms with Gasteiger partial charge in [0.05, 0.1) is 11.9 Å². The Balaban J connectivity index is 1.72. The number of H-pyrrole nitrogens is 1. The molecule has 6 heteroatoms. The molecule has 2 aromatic rings. The van der Waals surface area contributed by atoms with Crippen LogP contribution in [0.5, 0.6) is 0 Å². The molecule has 1 saturated heterocycles. The van der Waals surface area contributed by atoms with Crippen LogP contribution in [0.3, 0.4) is 0 Å². The first kappa shape index (κ1) is 15.2. The summed E-state index contributed by atoms with van der Waals surface area (Å²) < 4.78 is 0.486. The molecule has 0 bridgehead atoms. The second kappa shape index (κ2) is 7.07. The molecule has 3 rings (SSSR count). The van der Waals surface area contributed by atoms with Gasteiger partial charge >= 0.3 is 0 Å². The Hall–Kier alpha value is -1.66. The van der Waals surface area contributed by atoms with Crippen LogP contribution >= 0.6 is 15.9 Å². The first-order valence-electron chi connectivity index (χ1n) is 7.50. The lowest BCUT2D eigenvalue weighted by molar-refractivity contribution is 0.330. The molecule has 1 aromatic carbocycles. The van der Waals surface area contributed by atoms with Gasteiger partial charge in [-0.25, -0.2) is 5.10 Å². The van der Waals surface area contributed by atoms with Crippen LogP contribution in [0.2, 0.25) is 0 Å². The number of aromatic amines is 1. The van der Waals surface area contributed by atoms with Crippen molar-refractivity contribution in [3.05, 3.63) is 56.4 Å². The van der Waals surface area contributed by atoms with E-state index in [1.165, 1.54) is 37.1 Å².